The number of hydrogen-bond donors (Lipinski definition) is 1. The molecule has 1 N–H and O–H groups in total. The summed E-state index contributed by atoms with van der Waals surface area (Å²) in [5.41, 5.74) is 6.74. The quantitative estimate of drug-likeness (QED) is 0.726. The first-order valence-electron chi connectivity index (χ1n) is 7.14. The van der Waals surface area contributed by atoms with Gasteiger partial charge in [0.1, 0.15) is 0 Å². The first kappa shape index (κ1) is 13.6. The van der Waals surface area contributed by atoms with Crippen molar-refractivity contribution in [2.45, 2.75) is 13.5 Å². The average molecular weight is 274 g/mol. The Morgan fingerprint density at radius 1 is 0.714 bits per heavy atom. The highest BCUT2D eigenvalue weighted by atomic mass is 16.3. The lowest BCUT2D eigenvalue weighted by atomic mass is 9.95. The predicted molar refractivity (Wildman–Crippen MR) is 88.0 cm³/mol. The third kappa shape index (κ3) is 2.88. The van der Waals surface area contributed by atoms with E-state index in [9.17, 15) is 5.11 Å². The van der Waals surface area contributed by atoms with E-state index in [0.29, 0.717) is 0 Å². The Hall–Kier alpha value is -2.38. The Morgan fingerprint density at radius 3 is 2.05 bits per heavy atom. The molecule has 21 heavy (non-hydrogen) atoms. The van der Waals surface area contributed by atoms with Crippen molar-refractivity contribution >= 4 is 0 Å². The molecular weight excluding hydrogens is 256 g/mol. The number of aliphatic hydroxyl groups excluding tert-OH is 1. The van der Waals surface area contributed by atoms with E-state index < -0.39 is 0 Å². The summed E-state index contributed by atoms with van der Waals surface area (Å²) in [4.78, 5) is 0. The van der Waals surface area contributed by atoms with Crippen molar-refractivity contribution in [3.63, 3.8) is 0 Å². The first-order chi connectivity index (χ1) is 10.3. The van der Waals surface area contributed by atoms with E-state index in [-0.39, 0.29) is 6.61 Å². The third-order valence-electron chi connectivity index (χ3n) is 3.75. The van der Waals surface area contributed by atoms with E-state index in [1.165, 1.54) is 11.1 Å². The van der Waals surface area contributed by atoms with Crippen molar-refractivity contribution in [2.75, 3.05) is 0 Å². The van der Waals surface area contributed by atoms with Crippen LogP contribution >= 0.6 is 0 Å². The normalized spacial score (nSPS) is 10.6. The Balaban J connectivity index is 2.06. The molecule has 3 rings (SSSR count). The number of benzene rings is 3. The van der Waals surface area contributed by atoms with Crippen LogP contribution in [0.15, 0.2) is 72.8 Å². The molecule has 0 atom stereocenters. The Labute approximate surface area is 125 Å². The van der Waals surface area contributed by atoms with Crippen molar-refractivity contribution < 1.29 is 5.11 Å². The van der Waals surface area contributed by atoms with Gasteiger partial charge in [-0.25, -0.2) is 0 Å². The van der Waals surface area contributed by atoms with Gasteiger partial charge in [-0.1, -0.05) is 72.3 Å². The molecule has 1 nitrogen and oxygen atoms in total. The minimum Gasteiger partial charge on any atom is -0.392 e. The van der Waals surface area contributed by atoms with Gasteiger partial charge in [-0.15, -0.1) is 0 Å². The number of aryl methyl sites for hydroxylation is 1. The van der Waals surface area contributed by atoms with E-state index >= 15 is 0 Å². The topological polar surface area (TPSA) is 20.2 Å². The molecule has 0 aliphatic heterocycles. The fraction of sp³-hybridized carbons (Fsp3) is 0.100. The van der Waals surface area contributed by atoms with Crippen LogP contribution in [0.4, 0.5) is 0 Å². The van der Waals surface area contributed by atoms with Crippen LogP contribution in [-0.2, 0) is 6.61 Å². The molecule has 0 amide bonds. The summed E-state index contributed by atoms with van der Waals surface area (Å²) in [6.07, 6.45) is 0. The van der Waals surface area contributed by atoms with Crippen molar-refractivity contribution in [1.29, 1.82) is 0 Å². The molecule has 104 valence electrons. The van der Waals surface area contributed by atoms with Gasteiger partial charge in [0.05, 0.1) is 6.61 Å². The predicted octanol–water partition coefficient (Wildman–Crippen LogP) is 4.82. The minimum absolute atomic E-state index is 0.0455. The van der Waals surface area contributed by atoms with Crippen LogP contribution in [0.25, 0.3) is 22.3 Å². The molecule has 0 bridgehead atoms. The second kappa shape index (κ2) is 5.94. The van der Waals surface area contributed by atoms with Gasteiger partial charge < -0.3 is 5.11 Å². The lowest BCUT2D eigenvalue weighted by Gasteiger charge is -2.11. The molecular formula is C20H18O. The standard InChI is InChI=1S/C20H18O/c1-15-7-9-17(10-8-15)20-12-11-18(13-19(20)14-21)16-5-3-2-4-6-16/h2-13,21H,14H2,1H3. The number of hydrogen-bond acceptors (Lipinski definition) is 1. The van der Waals surface area contributed by atoms with Crippen LogP contribution < -0.4 is 0 Å². The Kier molecular flexibility index (Phi) is 3.85. The summed E-state index contributed by atoms with van der Waals surface area (Å²) in [5.74, 6) is 0. The average Bonchev–Trinajstić information content (AvgIpc) is 2.56. The fourth-order valence-electron chi connectivity index (χ4n) is 2.55. The minimum atomic E-state index is 0.0455. The molecule has 0 radical (unpaired) electrons. The van der Waals surface area contributed by atoms with Crippen molar-refractivity contribution in [3.8, 4) is 22.3 Å². The number of aliphatic hydroxyl groups is 1. The second-order valence-corrected chi connectivity index (χ2v) is 5.26. The largest absolute Gasteiger partial charge is 0.392 e. The molecule has 0 aliphatic rings. The Bertz CT molecular complexity index is 728. The fourth-order valence-corrected chi connectivity index (χ4v) is 2.55. The molecule has 0 spiro atoms. The highest BCUT2D eigenvalue weighted by molar-refractivity contribution is 5.73. The lowest BCUT2D eigenvalue weighted by molar-refractivity contribution is 0.282. The van der Waals surface area contributed by atoms with Gasteiger partial charge in [-0.3, -0.25) is 0 Å². The van der Waals surface area contributed by atoms with E-state index in [4.69, 9.17) is 0 Å². The van der Waals surface area contributed by atoms with Crippen LogP contribution in [0.1, 0.15) is 11.1 Å². The van der Waals surface area contributed by atoms with Gasteiger partial charge in [0.2, 0.25) is 0 Å². The lowest BCUT2D eigenvalue weighted by Crippen LogP contribution is -1.91. The number of rotatable bonds is 3. The summed E-state index contributed by atoms with van der Waals surface area (Å²) in [6.45, 7) is 2.12. The summed E-state index contributed by atoms with van der Waals surface area (Å²) >= 11 is 0. The maximum Gasteiger partial charge on any atom is 0.0688 e. The van der Waals surface area contributed by atoms with E-state index in [2.05, 4.69) is 61.5 Å². The summed E-state index contributed by atoms with van der Waals surface area (Å²) < 4.78 is 0. The molecule has 0 heterocycles. The first-order valence-corrected chi connectivity index (χ1v) is 7.14. The highest BCUT2D eigenvalue weighted by Gasteiger charge is 2.07. The smallest absolute Gasteiger partial charge is 0.0688 e. The zero-order valence-corrected chi connectivity index (χ0v) is 12.1. The zero-order chi connectivity index (χ0) is 14.7. The maximum absolute atomic E-state index is 9.71. The molecule has 0 saturated carbocycles. The van der Waals surface area contributed by atoms with Gasteiger partial charge in [-0.05, 0) is 40.8 Å². The molecule has 0 aromatic heterocycles. The molecule has 0 aliphatic carbocycles. The van der Waals surface area contributed by atoms with Crippen LogP contribution in [0.2, 0.25) is 0 Å². The SMILES string of the molecule is Cc1ccc(-c2ccc(-c3ccccc3)cc2CO)cc1. The van der Waals surface area contributed by atoms with Crippen molar-refractivity contribution in [1.82, 2.24) is 0 Å². The molecule has 0 fully saturated rings. The molecule has 0 saturated heterocycles. The van der Waals surface area contributed by atoms with E-state index in [1.807, 2.05) is 18.2 Å². The second-order valence-electron chi connectivity index (χ2n) is 5.26. The maximum atomic E-state index is 9.71. The van der Waals surface area contributed by atoms with Crippen molar-refractivity contribution in [2.24, 2.45) is 0 Å². The van der Waals surface area contributed by atoms with Gasteiger partial charge >= 0.3 is 0 Å². The zero-order valence-electron chi connectivity index (χ0n) is 12.1. The summed E-state index contributed by atoms with van der Waals surface area (Å²) in [6, 6.07) is 24.9. The summed E-state index contributed by atoms with van der Waals surface area (Å²) in [5, 5.41) is 9.71. The molecule has 0 unspecified atom stereocenters. The molecule has 3 aromatic rings. The monoisotopic (exact) mass is 274 g/mol. The third-order valence-corrected chi connectivity index (χ3v) is 3.75. The Morgan fingerprint density at radius 2 is 1.38 bits per heavy atom. The van der Waals surface area contributed by atoms with Gasteiger partial charge in [0, 0.05) is 0 Å². The molecule has 3 aromatic carbocycles. The van der Waals surface area contributed by atoms with Crippen molar-refractivity contribution in [3.05, 3.63) is 83.9 Å². The van der Waals surface area contributed by atoms with E-state index in [0.717, 1.165) is 22.3 Å². The van der Waals surface area contributed by atoms with Gasteiger partial charge in [0.15, 0.2) is 0 Å². The van der Waals surface area contributed by atoms with Crippen LogP contribution in [0.5, 0.6) is 0 Å². The van der Waals surface area contributed by atoms with Crippen LogP contribution in [0.3, 0.4) is 0 Å². The van der Waals surface area contributed by atoms with E-state index in [1.54, 1.807) is 0 Å². The van der Waals surface area contributed by atoms with Crippen LogP contribution in [0, 0.1) is 6.92 Å². The highest BCUT2D eigenvalue weighted by Crippen LogP contribution is 2.29. The van der Waals surface area contributed by atoms with Gasteiger partial charge in [-0.2, -0.15) is 0 Å². The van der Waals surface area contributed by atoms with Crippen LogP contribution in [-0.4, -0.2) is 5.11 Å². The summed E-state index contributed by atoms with van der Waals surface area (Å²) in [7, 11) is 0. The molecule has 1 heteroatoms. The van der Waals surface area contributed by atoms with Gasteiger partial charge in [0.25, 0.3) is 0 Å².